The van der Waals surface area contributed by atoms with Crippen molar-refractivity contribution >= 4 is 22.8 Å². The van der Waals surface area contributed by atoms with Gasteiger partial charge >= 0.3 is 6.18 Å². The van der Waals surface area contributed by atoms with E-state index in [1.807, 2.05) is 13.0 Å². The molecule has 1 saturated carbocycles. The number of aromatic nitrogens is 3. The zero-order chi connectivity index (χ0) is 26.1. The van der Waals surface area contributed by atoms with Gasteiger partial charge in [-0.05, 0) is 51.0 Å². The van der Waals surface area contributed by atoms with Crippen molar-refractivity contribution in [2.45, 2.75) is 70.9 Å². The maximum absolute atomic E-state index is 13.0. The summed E-state index contributed by atoms with van der Waals surface area (Å²) in [5, 5.41) is 22.6. The number of nitrogens with zero attached hydrogens (tertiary/aromatic N) is 5. The largest absolute Gasteiger partial charge is 0.391 e. The summed E-state index contributed by atoms with van der Waals surface area (Å²) < 4.78 is 40.9. The molecule has 1 amide bonds. The van der Waals surface area contributed by atoms with Crippen LogP contribution < -0.4 is 10.6 Å². The summed E-state index contributed by atoms with van der Waals surface area (Å²) in [6.07, 6.45) is -0.268. The number of aliphatic hydroxyl groups excluding tert-OH is 1. The number of anilines is 1. The van der Waals surface area contributed by atoms with Crippen molar-refractivity contribution < 1.29 is 28.2 Å². The van der Waals surface area contributed by atoms with E-state index in [4.69, 9.17) is 5.73 Å². The highest BCUT2D eigenvalue weighted by molar-refractivity contribution is 5.87. The number of hydrogen-bond acceptors (Lipinski definition) is 7. The lowest BCUT2D eigenvalue weighted by molar-refractivity contribution is -0.183. The number of likely N-dealkylation sites (tertiary alicyclic amines) is 1. The molecular weight excluding hydrogens is 489 g/mol. The summed E-state index contributed by atoms with van der Waals surface area (Å²) in [5.41, 5.74) is 4.46. The van der Waals surface area contributed by atoms with Gasteiger partial charge in [0.05, 0.1) is 30.5 Å². The molecule has 2 fully saturated rings. The van der Waals surface area contributed by atoms with Crippen LogP contribution in [0.15, 0.2) is 18.6 Å². The van der Waals surface area contributed by atoms with Gasteiger partial charge in [-0.3, -0.25) is 9.69 Å². The maximum atomic E-state index is 13.0. The van der Waals surface area contributed by atoms with Crippen LogP contribution in [0.2, 0.25) is 0 Å². The first-order valence-corrected chi connectivity index (χ1v) is 12.5. The Kier molecular flexibility index (Phi) is 9.07. The van der Waals surface area contributed by atoms with Crippen LogP contribution in [0.3, 0.4) is 0 Å². The first-order chi connectivity index (χ1) is 17.0. The van der Waals surface area contributed by atoms with Crippen molar-refractivity contribution in [3.05, 3.63) is 18.6 Å². The molecule has 1 saturated heterocycles. The molecule has 2 aromatic heterocycles. The Hall–Kier alpha value is -2.44. The molecule has 2 aliphatic rings. The molecule has 2 aromatic rings. The van der Waals surface area contributed by atoms with Crippen LogP contribution >= 0.6 is 0 Å². The van der Waals surface area contributed by atoms with Gasteiger partial charge in [0.15, 0.2) is 0 Å². The number of aliphatic hydroxyl groups is 2. The SMILES string of the molecule is C.CCN(CC1CCC(C(F)(F)F)CC1)c1ncnc2c1ccn2C[C@]1(O)CCN(CC(N)=O)C[C@H]1O. The van der Waals surface area contributed by atoms with Gasteiger partial charge in [-0.1, -0.05) is 7.43 Å². The number of piperidine rings is 1. The van der Waals surface area contributed by atoms with Crippen molar-refractivity contribution in [2.75, 3.05) is 37.6 Å². The monoisotopic (exact) mass is 528 g/mol. The molecule has 4 N–H and O–H groups in total. The Labute approximate surface area is 215 Å². The van der Waals surface area contributed by atoms with Crippen molar-refractivity contribution in [3.63, 3.8) is 0 Å². The molecule has 37 heavy (non-hydrogen) atoms. The lowest BCUT2D eigenvalue weighted by Crippen LogP contribution is -2.58. The predicted molar refractivity (Wildman–Crippen MR) is 135 cm³/mol. The van der Waals surface area contributed by atoms with Crippen LogP contribution in [0.25, 0.3) is 11.0 Å². The van der Waals surface area contributed by atoms with Crippen molar-refractivity contribution in [3.8, 4) is 0 Å². The molecular formula is C25H39F3N6O3. The topological polar surface area (TPSA) is 121 Å². The molecule has 0 spiro atoms. The van der Waals surface area contributed by atoms with E-state index in [1.54, 1.807) is 15.7 Å². The molecule has 208 valence electrons. The summed E-state index contributed by atoms with van der Waals surface area (Å²) >= 11 is 0. The van der Waals surface area contributed by atoms with E-state index in [-0.39, 0.29) is 52.2 Å². The number of carbonyl (C=O) groups excluding carboxylic acids is 1. The molecule has 0 radical (unpaired) electrons. The van der Waals surface area contributed by atoms with E-state index in [2.05, 4.69) is 14.9 Å². The highest BCUT2D eigenvalue weighted by atomic mass is 19.4. The molecule has 0 bridgehead atoms. The molecule has 3 heterocycles. The van der Waals surface area contributed by atoms with Gasteiger partial charge in [0.1, 0.15) is 23.4 Å². The minimum Gasteiger partial charge on any atom is -0.389 e. The summed E-state index contributed by atoms with van der Waals surface area (Å²) in [4.78, 5) is 23.9. The van der Waals surface area contributed by atoms with E-state index in [0.29, 0.717) is 43.9 Å². The predicted octanol–water partition coefficient (Wildman–Crippen LogP) is 2.55. The summed E-state index contributed by atoms with van der Waals surface area (Å²) in [5.74, 6) is -0.810. The third-order valence-electron chi connectivity index (χ3n) is 7.74. The van der Waals surface area contributed by atoms with E-state index in [1.165, 1.54) is 6.33 Å². The quantitative estimate of drug-likeness (QED) is 0.482. The number of alkyl halides is 3. The molecule has 0 aromatic carbocycles. The standard InChI is InChI=1S/C24H35F3N6O3.CH4/c1-2-32(11-16-3-5-17(6-4-16)24(25,26)27)21-18-7-9-33(22(18)30-15-29-21)14-23(36)8-10-31(12-19(23)34)13-20(28)35;/h7,9,15-17,19,34,36H,2-6,8,10-14H2,1H3,(H2,28,35);1H4/t16?,17?,19-,23-;/m1./s1. The number of nitrogens with two attached hydrogens (primary N) is 1. The van der Waals surface area contributed by atoms with E-state index < -0.39 is 29.7 Å². The average Bonchev–Trinajstić information content (AvgIpc) is 3.22. The van der Waals surface area contributed by atoms with Crippen molar-refractivity contribution in [1.82, 2.24) is 19.4 Å². The number of rotatable bonds is 8. The van der Waals surface area contributed by atoms with Gasteiger partial charge in [0.25, 0.3) is 0 Å². The molecule has 1 aliphatic carbocycles. The van der Waals surface area contributed by atoms with Gasteiger partial charge in [-0.2, -0.15) is 13.2 Å². The van der Waals surface area contributed by atoms with Crippen LogP contribution in [0.4, 0.5) is 19.0 Å². The van der Waals surface area contributed by atoms with Gasteiger partial charge in [-0.15, -0.1) is 0 Å². The Morgan fingerprint density at radius 1 is 1.27 bits per heavy atom. The summed E-state index contributed by atoms with van der Waals surface area (Å²) in [7, 11) is 0. The lowest BCUT2D eigenvalue weighted by Gasteiger charge is -2.42. The zero-order valence-electron chi connectivity index (χ0n) is 20.5. The Bertz CT molecular complexity index is 1060. The second-order valence-electron chi connectivity index (χ2n) is 10.2. The van der Waals surface area contributed by atoms with Crippen molar-refractivity contribution in [1.29, 1.82) is 0 Å². The second kappa shape index (κ2) is 11.5. The fourth-order valence-electron chi connectivity index (χ4n) is 5.59. The molecule has 9 nitrogen and oxygen atoms in total. The number of β-amino-alcohol motifs (C(OH)–C–C–N with tert-alkyl or cyclic N) is 1. The Morgan fingerprint density at radius 2 is 1.97 bits per heavy atom. The molecule has 1 aliphatic heterocycles. The number of halogens is 3. The Balaban J connectivity index is 0.00000380. The third-order valence-corrected chi connectivity index (χ3v) is 7.74. The van der Waals surface area contributed by atoms with Crippen LogP contribution in [-0.2, 0) is 11.3 Å². The van der Waals surface area contributed by atoms with Crippen LogP contribution in [0.5, 0.6) is 0 Å². The molecule has 2 atom stereocenters. The first-order valence-electron chi connectivity index (χ1n) is 12.5. The number of carbonyl (C=O) groups is 1. The highest BCUT2D eigenvalue weighted by Crippen LogP contribution is 2.40. The van der Waals surface area contributed by atoms with Crippen molar-refractivity contribution in [2.24, 2.45) is 17.6 Å². The minimum atomic E-state index is -4.12. The number of amides is 1. The third kappa shape index (κ3) is 6.53. The summed E-state index contributed by atoms with van der Waals surface area (Å²) in [6.45, 7) is 3.97. The average molecular weight is 529 g/mol. The lowest BCUT2D eigenvalue weighted by atomic mass is 9.81. The van der Waals surface area contributed by atoms with Gasteiger partial charge in [0.2, 0.25) is 5.91 Å². The molecule has 4 rings (SSSR count). The second-order valence-corrected chi connectivity index (χ2v) is 10.2. The van der Waals surface area contributed by atoms with E-state index >= 15 is 0 Å². The number of primary amides is 1. The maximum Gasteiger partial charge on any atom is 0.391 e. The molecule has 12 heteroatoms. The van der Waals surface area contributed by atoms with Gasteiger partial charge < -0.3 is 25.4 Å². The van der Waals surface area contributed by atoms with E-state index in [0.717, 1.165) is 5.39 Å². The number of hydrogen-bond donors (Lipinski definition) is 3. The van der Waals surface area contributed by atoms with Gasteiger partial charge in [-0.25, -0.2) is 9.97 Å². The Morgan fingerprint density at radius 3 is 2.57 bits per heavy atom. The fraction of sp³-hybridized carbons (Fsp3) is 0.720. The van der Waals surface area contributed by atoms with Gasteiger partial charge in [0, 0.05) is 32.4 Å². The highest BCUT2D eigenvalue weighted by Gasteiger charge is 2.42. The first kappa shape index (κ1) is 29.1. The zero-order valence-corrected chi connectivity index (χ0v) is 20.5. The summed E-state index contributed by atoms with van der Waals surface area (Å²) in [6, 6.07) is 1.87. The van der Waals surface area contributed by atoms with Crippen LogP contribution in [-0.4, -0.2) is 86.2 Å². The smallest absolute Gasteiger partial charge is 0.389 e. The van der Waals surface area contributed by atoms with Crippen LogP contribution in [0, 0.1) is 11.8 Å². The van der Waals surface area contributed by atoms with Crippen LogP contribution in [0.1, 0.15) is 46.5 Å². The molecule has 0 unspecified atom stereocenters. The fourth-order valence-corrected chi connectivity index (χ4v) is 5.59. The number of fused-ring (bicyclic) bond motifs is 1. The normalized spacial score (nSPS) is 27.1. The minimum absolute atomic E-state index is 0. The van der Waals surface area contributed by atoms with E-state index in [9.17, 15) is 28.2 Å².